The molecule has 2 aromatic carbocycles. The molecule has 2 aliphatic carbocycles. The van der Waals surface area contributed by atoms with Crippen molar-refractivity contribution in [2.24, 2.45) is 11.8 Å². The van der Waals surface area contributed by atoms with Crippen molar-refractivity contribution in [3.63, 3.8) is 0 Å². The minimum atomic E-state index is 0.265. The molecule has 152 valence electrons. The third kappa shape index (κ3) is 4.76. The summed E-state index contributed by atoms with van der Waals surface area (Å²) in [5, 5.41) is 0. The van der Waals surface area contributed by atoms with Crippen LogP contribution in [0.5, 0.6) is 11.5 Å². The van der Waals surface area contributed by atoms with E-state index in [9.17, 15) is 9.59 Å². The first-order valence-corrected chi connectivity index (χ1v) is 9.99. The lowest BCUT2D eigenvalue weighted by molar-refractivity contribution is -0.105. The maximum atomic E-state index is 11.7. The minimum Gasteiger partial charge on any atom is -0.497 e. The molecule has 0 aliphatic heterocycles. The van der Waals surface area contributed by atoms with Gasteiger partial charge in [-0.2, -0.15) is 0 Å². The molecule has 0 amide bonds. The van der Waals surface area contributed by atoms with E-state index in [4.69, 9.17) is 9.47 Å². The van der Waals surface area contributed by atoms with Gasteiger partial charge < -0.3 is 9.47 Å². The summed E-state index contributed by atoms with van der Waals surface area (Å²) in [6.07, 6.45) is 5.50. The highest BCUT2D eigenvalue weighted by atomic mass is 16.5. The zero-order chi connectivity index (χ0) is 21.0. The van der Waals surface area contributed by atoms with Crippen molar-refractivity contribution < 1.29 is 19.1 Å². The Kier molecular flexibility index (Phi) is 6.53. The highest BCUT2D eigenvalue weighted by Gasteiger charge is 2.22. The number of allylic oxidation sites excluding steroid dienone is 1. The molecule has 4 heteroatoms. The summed E-state index contributed by atoms with van der Waals surface area (Å²) in [6, 6.07) is 11.7. The number of Topliss-reactive ketones (excluding diaryl/α,β-unsaturated/α-hetero) is 1. The number of ether oxygens (including phenoxy) is 2. The number of rotatable bonds is 3. The molecule has 0 spiro atoms. The van der Waals surface area contributed by atoms with E-state index in [0.29, 0.717) is 18.3 Å². The van der Waals surface area contributed by atoms with E-state index < -0.39 is 0 Å². The normalized spacial score (nSPS) is 19.7. The van der Waals surface area contributed by atoms with Crippen LogP contribution in [0.15, 0.2) is 42.0 Å². The predicted octanol–water partition coefficient (Wildman–Crippen LogP) is 4.93. The van der Waals surface area contributed by atoms with Gasteiger partial charge in [0, 0.05) is 12.0 Å². The van der Waals surface area contributed by atoms with E-state index in [0.717, 1.165) is 52.9 Å². The number of methoxy groups -OCH3 is 2. The Hall–Kier alpha value is -2.88. The average Bonchev–Trinajstić information content (AvgIpc) is 2.72. The number of carbonyl (C=O) groups is 2. The van der Waals surface area contributed by atoms with Crippen LogP contribution < -0.4 is 9.47 Å². The molecule has 0 saturated carbocycles. The highest BCUT2D eigenvalue weighted by Crippen LogP contribution is 2.30. The number of ketones is 1. The van der Waals surface area contributed by atoms with Crippen LogP contribution in [0.1, 0.15) is 47.3 Å². The Morgan fingerprint density at radius 2 is 1.55 bits per heavy atom. The zero-order valence-corrected chi connectivity index (χ0v) is 17.5. The number of hydrogen-bond donors (Lipinski definition) is 0. The lowest BCUT2D eigenvalue weighted by Crippen LogP contribution is -2.17. The Morgan fingerprint density at radius 3 is 2.21 bits per heavy atom. The van der Waals surface area contributed by atoms with Crippen molar-refractivity contribution in [3.05, 3.63) is 64.2 Å². The van der Waals surface area contributed by atoms with Gasteiger partial charge in [-0.1, -0.05) is 19.9 Å². The number of aldehydes is 1. The van der Waals surface area contributed by atoms with Crippen LogP contribution in [0, 0.1) is 11.8 Å². The second-order valence-electron chi connectivity index (χ2n) is 7.89. The lowest BCUT2D eigenvalue weighted by Gasteiger charge is -2.20. The monoisotopic (exact) mass is 392 g/mol. The average molecular weight is 392 g/mol. The molecule has 0 saturated heterocycles. The third-order valence-corrected chi connectivity index (χ3v) is 5.62. The van der Waals surface area contributed by atoms with Gasteiger partial charge in [-0.3, -0.25) is 9.59 Å². The van der Waals surface area contributed by atoms with Gasteiger partial charge in [0.2, 0.25) is 0 Å². The van der Waals surface area contributed by atoms with Crippen molar-refractivity contribution in [1.29, 1.82) is 0 Å². The summed E-state index contributed by atoms with van der Waals surface area (Å²) in [5.74, 6) is 2.75. The Labute approximate surface area is 172 Å². The van der Waals surface area contributed by atoms with Crippen LogP contribution in [-0.2, 0) is 17.6 Å². The van der Waals surface area contributed by atoms with Crippen LogP contribution in [0.25, 0.3) is 6.08 Å². The standard InChI is InChI=1S/C13H14O2.C12H14O2/c1-9-5-11-7-13(15-2)4-3-10(11)6-12(9)8-14;1-8-5-9-7-10(14-2)3-4-11(9)12(13)6-8/h3-4,6-9H,5H2,1-2H3;3-4,7-8H,5-6H2,1-2H3. The van der Waals surface area contributed by atoms with Gasteiger partial charge in [-0.15, -0.1) is 0 Å². The molecule has 2 unspecified atom stereocenters. The Balaban J connectivity index is 0.000000166. The first kappa shape index (κ1) is 20.8. The molecule has 0 N–H and O–H groups in total. The maximum absolute atomic E-state index is 11.7. The molecular formula is C25H28O4. The topological polar surface area (TPSA) is 52.6 Å². The fourth-order valence-corrected chi connectivity index (χ4v) is 3.96. The summed E-state index contributed by atoms with van der Waals surface area (Å²) in [7, 11) is 3.32. The largest absolute Gasteiger partial charge is 0.497 e. The second kappa shape index (κ2) is 9.08. The lowest BCUT2D eigenvalue weighted by atomic mass is 9.84. The van der Waals surface area contributed by atoms with Crippen molar-refractivity contribution in [2.75, 3.05) is 14.2 Å². The highest BCUT2D eigenvalue weighted by molar-refractivity contribution is 5.98. The second-order valence-corrected chi connectivity index (χ2v) is 7.89. The number of benzene rings is 2. The van der Waals surface area contributed by atoms with E-state index in [1.807, 2.05) is 42.5 Å². The maximum Gasteiger partial charge on any atom is 0.163 e. The minimum absolute atomic E-state index is 0.265. The summed E-state index contributed by atoms with van der Waals surface area (Å²) in [4.78, 5) is 22.5. The first-order valence-electron chi connectivity index (χ1n) is 9.99. The summed E-state index contributed by atoms with van der Waals surface area (Å²) < 4.78 is 10.3. The fraction of sp³-hybridized carbons (Fsp3) is 0.360. The molecule has 0 radical (unpaired) electrons. The quantitative estimate of drug-likeness (QED) is 0.695. The molecule has 2 aromatic rings. The van der Waals surface area contributed by atoms with Crippen molar-refractivity contribution in [3.8, 4) is 11.5 Å². The third-order valence-electron chi connectivity index (χ3n) is 5.62. The smallest absolute Gasteiger partial charge is 0.163 e. The van der Waals surface area contributed by atoms with Crippen molar-refractivity contribution in [2.45, 2.75) is 33.1 Å². The molecule has 0 aromatic heterocycles. The van der Waals surface area contributed by atoms with E-state index in [2.05, 4.69) is 13.8 Å². The SMILES string of the molecule is COc1ccc2c(c1)CC(C)C(C=O)=C2.COc1ccc2c(c1)CC(C)CC2=O. The van der Waals surface area contributed by atoms with E-state index in [1.165, 1.54) is 5.56 Å². The molecule has 2 aliphatic rings. The Morgan fingerprint density at radius 1 is 0.897 bits per heavy atom. The Bertz CT molecular complexity index is 942. The fourth-order valence-electron chi connectivity index (χ4n) is 3.96. The van der Waals surface area contributed by atoms with Gasteiger partial charge in [0.1, 0.15) is 17.8 Å². The van der Waals surface area contributed by atoms with Crippen molar-refractivity contribution >= 4 is 18.1 Å². The van der Waals surface area contributed by atoms with Crippen LogP contribution in [0.3, 0.4) is 0 Å². The molecule has 4 nitrogen and oxygen atoms in total. The van der Waals surface area contributed by atoms with Gasteiger partial charge in [0.15, 0.2) is 5.78 Å². The van der Waals surface area contributed by atoms with Crippen LogP contribution in [-0.4, -0.2) is 26.3 Å². The predicted molar refractivity (Wildman–Crippen MR) is 115 cm³/mol. The zero-order valence-electron chi connectivity index (χ0n) is 17.5. The first-order chi connectivity index (χ1) is 13.9. The molecule has 0 heterocycles. The summed E-state index contributed by atoms with van der Waals surface area (Å²) >= 11 is 0. The van der Waals surface area contributed by atoms with Gasteiger partial charge in [-0.05, 0) is 83.3 Å². The molecule has 4 rings (SSSR count). The van der Waals surface area contributed by atoms with E-state index >= 15 is 0 Å². The van der Waals surface area contributed by atoms with Crippen LogP contribution >= 0.6 is 0 Å². The number of carbonyl (C=O) groups excluding carboxylic acids is 2. The molecule has 29 heavy (non-hydrogen) atoms. The summed E-state index contributed by atoms with van der Waals surface area (Å²) in [6.45, 7) is 4.18. The van der Waals surface area contributed by atoms with Crippen LogP contribution in [0.4, 0.5) is 0 Å². The molecule has 2 atom stereocenters. The number of fused-ring (bicyclic) bond motifs is 2. The van der Waals surface area contributed by atoms with Crippen molar-refractivity contribution in [1.82, 2.24) is 0 Å². The van der Waals surface area contributed by atoms with E-state index in [1.54, 1.807) is 14.2 Å². The van der Waals surface area contributed by atoms with Gasteiger partial charge >= 0.3 is 0 Å². The summed E-state index contributed by atoms with van der Waals surface area (Å²) in [5.41, 5.74) is 5.29. The van der Waals surface area contributed by atoms with Gasteiger partial charge in [0.25, 0.3) is 0 Å². The van der Waals surface area contributed by atoms with Gasteiger partial charge in [-0.25, -0.2) is 0 Å². The molecule has 0 bridgehead atoms. The van der Waals surface area contributed by atoms with Gasteiger partial charge in [0.05, 0.1) is 14.2 Å². The molecular weight excluding hydrogens is 364 g/mol. The van der Waals surface area contributed by atoms with E-state index in [-0.39, 0.29) is 5.78 Å². The van der Waals surface area contributed by atoms with Crippen LogP contribution in [0.2, 0.25) is 0 Å². The number of hydrogen-bond acceptors (Lipinski definition) is 4. The molecule has 0 fully saturated rings.